The molecule has 1 aromatic carbocycles. The van der Waals surface area contributed by atoms with Gasteiger partial charge in [-0.1, -0.05) is 0 Å². The molecule has 0 radical (unpaired) electrons. The number of aromatic nitrogens is 2. The summed E-state index contributed by atoms with van der Waals surface area (Å²) >= 11 is 0. The van der Waals surface area contributed by atoms with Crippen molar-refractivity contribution in [3.63, 3.8) is 0 Å². The van der Waals surface area contributed by atoms with E-state index in [-0.39, 0.29) is 10.3 Å². The lowest BCUT2D eigenvalue weighted by Crippen LogP contribution is -2.33. The summed E-state index contributed by atoms with van der Waals surface area (Å²) in [5.41, 5.74) is -0.933. The van der Waals surface area contributed by atoms with Crippen LogP contribution in [-0.4, -0.2) is 38.0 Å². The lowest BCUT2D eigenvalue weighted by atomic mass is 9.96. The molecule has 1 aliphatic rings. The first-order chi connectivity index (χ1) is 11.5. The lowest BCUT2D eigenvalue weighted by Gasteiger charge is -2.22. The van der Waals surface area contributed by atoms with E-state index in [4.69, 9.17) is 0 Å². The van der Waals surface area contributed by atoms with E-state index in [9.17, 15) is 18.0 Å². The fourth-order valence-electron chi connectivity index (χ4n) is 2.96. The molecule has 1 aromatic heterocycles. The van der Waals surface area contributed by atoms with Crippen LogP contribution >= 0.6 is 0 Å². The van der Waals surface area contributed by atoms with Gasteiger partial charge < -0.3 is 10.3 Å². The number of hydrogen-bond donors (Lipinski definition) is 4. The molecule has 8 nitrogen and oxygen atoms in total. The maximum atomic E-state index is 12.4. The van der Waals surface area contributed by atoms with Crippen LogP contribution in [0.1, 0.15) is 19.3 Å². The highest BCUT2D eigenvalue weighted by Gasteiger charge is 2.17. The molecule has 1 aliphatic heterocycles. The zero-order valence-electron chi connectivity index (χ0n) is 13.1. The average Bonchev–Trinajstić information content (AvgIpc) is 2.55. The van der Waals surface area contributed by atoms with E-state index in [2.05, 4.69) is 20.0 Å². The van der Waals surface area contributed by atoms with Gasteiger partial charge >= 0.3 is 5.69 Å². The van der Waals surface area contributed by atoms with Crippen LogP contribution in [0.5, 0.6) is 0 Å². The van der Waals surface area contributed by atoms with Gasteiger partial charge in [0, 0.05) is 6.54 Å². The highest BCUT2D eigenvalue weighted by atomic mass is 32.2. The SMILES string of the molecule is O=c1[nH]c(=O)c2cc(S(=O)(=O)NCCC3CCCNC3)ccc2[nH]1. The van der Waals surface area contributed by atoms with Crippen molar-refractivity contribution in [3.05, 3.63) is 39.0 Å². The number of sulfonamides is 1. The second-order valence-electron chi connectivity index (χ2n) is 6.01. The monoisotopic (exact) mass is 352 g/mol. The van der Waals surface area contributed by atoms with Crippen molar-refractivity contribution in [2.24, 2.45) is 5.92 Å². The number of fused-ring (bicyclic) bond motifs is 1. The summed E-state index contributed by atoms with van der Waals surface area (Å²) in [4.78, 5) is 27.6. The summed E-state index contributed by atoms with van der Waals surface area (Å²) in [6.07, 6.45) is 2.99. The Balaban J connectivity index is 1.75. The van der Waals surface area contributed by atoms with E-state index in [0.29, 0.717) is 18.0 Å². The molecule has 1 atom stereocenters. The molecular formula is C15H20N4O4S. The number of benzene rings is 1. The van der Waals surface area contributed by atoms with Gasteiger partial charge in [0.15, 0.2) is 0 Å². The zero-order chi connectivity index (χ0) is 17.2. The molecule has 0 spiro atoms. The van der Waals surface area contributed by atoms with Crippen molar-refractivity contribution in [2.75, 3.05) is 19.6 Å². The van der Waals surface area contributed by atoms with Crippen LogP contribution in [0.15, 0.2) is 32.7 Å². The van der Waals surface area contributed by atoms with Gasteiger partial charge in [-0.3, -0.25) is 9.78 Å². The van der Waals surface area contributed by atoms with Gasteiger partial charge in [-0.15, -0.1) is 0 Å². The highest BCUT2D eigenvalue weighted by molar-refractivity contribution is 7.89. The third kappa shape index (κ3) is 3.74. The second kappa shape index (κ2) is 6.88. The molecule has 130 valence electrons. The van der Waals surface area contributed by atoms with Crippen molar-refractivity contribution in [1.29, 1.82) is 0 Å². The molecule has 1 fully saturated rings. The Bertz CT molecular complexity index is 942. The Morgan fingerprint density at radius 2 is 2.04 bits per heavy atom. The first-order valence-electron chi connectivity index (χ1n) is 7.92. The minimum absolute atomic E-state index is 0.00863. The van der Waals surface area contributed by atoms with Crippen molar-refractivity contribution in [2.45, 2.75) is 24.2 Å². The highest BCUT2D eigenvalue weighted by Crippen LogP contribution is 2.16. The Hall–Kier alpha value is -1.97. The molecule has 4 N–H and O–H groups in total. The smallest absolute Gasteiger partial charge is 0.316 e. The maximum Gasteiger partial charge on any atom is 0.326 e. The minimum Gasteiger partial charge on any atom is -0.316 e. The van der Waals surface area contributed by atoms with E-state index >= 15 is 0 Å². The Labute approximate surface area is 138 Å². The molecular weight excluding hydrogens is 332 g/mol. The van der Waals surface area contributed by atoms with Gasteiger partial charge in [0.25, 0.3) is 5.56 Å². The van der Waals surface area contributed by atoms with E-state index in [1.165, 1.54) is 18.2 Å². The van der Waals surface area contributed by atoms with Crippen LogP contribution in [0.25, 0.3) is 10.9 Å². The summed E-state index contributed by atoms with van der Waals surface area (Å²) in [5.74, 6) is 0.478. The van der Waals surface area contributed by atoms with Crippen molar-refractivity contribution >= 4 is 20.9 Å². The molecule has 1 unspecified atom stereocenters. The molecule has 0 bridgehead atoms. The molecule has 0 amide bonds. The molecule has 24 heavy (non-hydrogen) atoms. The Kier molecular flexibility index (Phi) is 4.83. The molecule has 0 saturated carbocycles. The van der Waals surface area contributed by atoms with Crippen LogP contribution in [0.3, 0.4) is 0 Å². The van der Waals surface area contributed by atoms with E-state index in [0.717, 1.165) is 32.4 Å². The molecule has 1 saturated heterocycles. The normalized spacial score (nSPS) is 18.8. The van der Waals surface area contributed by atoms with Crippen molar-refractivity contribution in [1.82, 2.24) is 20.0 Å². The average molecular weight is 352 g/mol. The largest absolute Gasteiger partial charge is 0.326 e. The minimum atomic E-state index is -3.69. The second-order valence-corrected chi connectivity index (χ2v) is 7.78. The Morgan fingerprint density at radius 1 is 1.21 bits per heavy atom. The first-order valence-corrected chi connectivity index (χ1v) is 9.41. The van der Waals surface area contributed by atoms with Gasteiger partial charge in [-0.25, -0.2) is 17.9 Å². The van der Waals surface area contributed by atoms with E-state index in [1.807, 2.05) is 0 Å². The zero-order valence-corrected chi connectivity index (χ0v) is 13.9. The number of rotatable bonds is 5. The molecule has 3 rings (SSSR count). The van der Waals surface area contributed by atoms with E-state index in [1.54, 1.807) is 0 Å². The van der Waals surface area contributed by atoms with Crippen LogP contribution in [0, 0.1) is 5.92 Å². The summed E-state index contributed by atoms with van der Waals surface area (Å²) < 4.78 is 27.3. The van der Waals surface area contributed by atoms with Crippen LogP contribution in [0.2, 0.25) is 0 Å². The number of nitrogens with one attached hydrogen (secondary N) is 4. The van der Waals surface area contributed by atoms with Gasteiger partial charge in [0.1, 0.15) is 0 Å². The van der Waals surface area contributed by atoms with Gasteiger partial charge in [-0.05, 0) is 56.5 Å². The quantitative estimate of drug-likeness (QED) is 0.597. The Morgan fingerprint density at radius 3 is 2.79 bits per heavy atom. The fourth-order valence-corrected chi connectivity index (χ4v) is 4.04. The van der Waals surface area contributed by atoms with Crippen molar-refractivity contribution in [3.8, 4) is 0 Å². The molecule has 9 heteroatoms. The maximum absolute atomic E-state index is 12.4. The third-order valence-electron chi connectivity index (χ3n) is 4.26. The summed E-state index contributed by atoms with van der Waals surface area (Å²) in [7, 11) is -3.69. The van der Waals surface area contributed by atoms with Gasteiger partial charge in [0.2, 0.25) is 10.0 Å². The van der Waals surface area contributed by atoms with Crippen LogP contribution < -0.4 is 21.3 Å². The third-order valence-corrected chi connectivity index (χ3v) is 5.72. The standard InChI is InChI=1S/C15H20N4O4S/c20-14-12-8-11(3-4-13(12)18-15(21)19-14)24(22,23)17-7-5-10-2-1-6-16-9-10/h3-4,8,10,16-17H,1-2,5-7,9H2,(H2,18,19,20,21). The topological polar surface area (TPSA) is 124 Å². The molecule has 2 heterocycles. The number of H-pyrrole nitrogens is 2. The lowest BCUT2D eigenvalue weighted by molar-refractivity contribution is 0.358. The first kappa shape index (κ1) is 16.9. The van der Waals surface area contributed by atoms with Gasteiger partial charge in [-0.2, -0.15) is 0 Å². The predicted molar refractivity (Wildman–Crippen MR) is 90.6 cm³/mol. The number of aromatic amines is 2. The predicted octanol–water partition coefficient (Wildman–Crippen LogP) is -0.116. The van der Waals surface area contributed by atoms with Crippen molar-refractivity contribution < 1.29 is 8.42 Å². The van der Waals surface area contributed by atoms with Gasteiger partial charge in [0.05, 0.1) is 15.8 Å². The summed E-state index contributed by atoms with van der Waals surface area (Å²) in [5, 5.41) is 3.43. The van der Waals surface area contributed by atoms with Crippen LogP contribution in [0.4, 0.5) is 0 Å². The molecule has 0 aliphatic carbocycles. The summed E-state index contributed by atoms with van der Waals surface area (Å²) in [6, 6.07) is 4.07. The fraction of sp³-hybridized carbons (Fsp3) is 0.467. The number of piperidine rings is 1. The number of hydrogen-bond acceptors (Lipinski definition) is 5. The summed E-state index contributed by atoms with van der Waals surface area (Å²) in [6.45, 7) is 2.30. The van der Waals surface area contributed by atoms with Crippen LogP contribution in [-0.2, 0) is 10.0 Å². The molecule has 2 aromatic rings. The van der Waals surface area contributed by atoms with E-state index < -0.39 is 21.3 Å².